The van der Waals surface area contributed by atoms with Crippen molar-refractivity contribution in [3.05, 3.63) is 0 Å². The normalized spacial score (nSPS) is 36.6. The maximum atomic E-state index is 3.78. The molecule has 2 heteroatoms. The second kappa shape index (κ2) is 4.05. The van der Waals surface area contributed by atoms with E-state index in [4.69, 9.17) is 0 Å². The van der Waals surface area contributed by atoms with Crippen LogP contribution < -0.4 is 5.32 Å². The molecular formula is C12H23NS. The van der Waals surface area contributed by atoms with E-state index in [0.29, 0.717) is 4.75 Å². The van der Waals surface area contributed by atoms with Crippen LogP contribution in [0.3, 0.4) is 0 Å². The molecule has 3 unspecified atom stereocenters. The summed E-state index contributed by atoms with van der Waals surface area (Å²) in [4.78, 5) is 0. The highest BCUT2D eigenvalue weighted by Gasteiger charge is 2.39. The van der Waals surface area contributed by atoms with Gasteiger partial charge in [-0.1, -0.05) is 6.42 Å². The van der Waals surface area contributed by atoms with Gasteiger partial charge in [0.05, 0.1) is 0 Å². The van der Waals surface area contributed by atoms with Crippen molar-refractivity contribution in [2.75, 3.05) is 12.8 Å². The van der Waals surface area contributed by atoms with Crippen LogP contribution in [0.15, 0.2) is 0 Å². The van der Waals surface area contributed by atoms with Gasteiger partial charge < -0.3 is 5.32 Å². The van der Waals surface area contributed by atoms with Gasteiger partial charge in [-0.2, -0.15) is 11.8 Å². The first-order chi connectivity index (χ1) is 6.61. The first kappa shape index (κ1) is 10.8. The number of thioether (sulfide) groups is 1. The minimum Gasteiger partial charge on any atom is -0.312 e. The summed E-state index contributed by atoms with van der Waals surface area (Å²) in [5.74, 6) is 2.08. The van der Waals surface area contributed by atoms with Gasteiger partial charge in [0.25, 0.3) is 0 Å². The summed E-state index contributed by atoms with van der Waals surface area (Å²) in [6.45, 7) is 5.83. The lowest BCUT2D eigenvalue weighted by Gasteiger charge is -2.29. The molecule has 2 aliphatic rings. The number of rotatable bonds is 4. The molecule has 2 saturated carbocycles. The quantitative estimate of drug-likeness (QED) is 0.770. The van der Waals surface area contributed by atoms with Crippen LogP contribution >= 0.6 is 11.8 Å². The fraction of sp³-hybridized carbons (Fsp3) is 1.00. The molecule has 0 aliphatic heterocycles. The predicted molar refractivity (Wildman–Crippen MR) is 64.8 cm³/mol. The summed E-state index contributed by atoms with van der Waals surface area (Å²) < 4.78 is 0.405. The Labute approximate surface area is 92.4 Å². The van der Waals surface area contributed by atoms with Gasteiger partial charge >= 0.3 is 0 Å². The van der Waals surface area contributed by atoms with E-state index in [0.717, 1.165) is 17.9 Å². The molecular weight excluding hydrogens is 190 g/mol. The lowest BCUT2D eigenvalue weighted by Crippen LogP contribution is -2.41. The van der Waals surface area contributed by atoms with Crippen molar-refractivity contribution in [2.45, 2.75) is 50.3 Å². The molecule has 0 aromatic rings. The molecule has 0 aromatic carbocycles. The maximum Gasteiger partial charge on any atom is 0.0225 e. The Morgan fingerprint density at radius 2 is 2.07 bits per heavy atom. The molecule has 0 aromatic heterocycles. The van der Waals surface area contributed by atoms with E-state index in [2.05, 4.69) is 25.4 Å². The minimum atomic E-state index is 0.405. The molecule has 0 radical (unpaired) electrons. The predicted octanol–water partition coefficient (Wildman–Crippen LogP) is 2.91. The molecule has 2 bridgehead atoms. The Kier molecular flexibility index (Phi) is 3.13. The second-order valence-corrected chi connectivity index (χ2v) is 7.14. The third-order valence-electron chi connectivity index (χ3n) is 4.08. The fourth-order valence-corrected chi connectivity index (χ4v) is 3.17. The highest BCUT2D eigenvalue weighted by atomic mass is 32.2. The smallest absolute Gasteiger partial charge is 0.0225 e. The Morgan fingerprint density at radius 3 is 2.57 bits per heavy atom. The number of hydrogen-bond acceptors (Lipinski definition) is 2. The van der Waals surface area contributed by atoms with E-state index in [1.165, 1.54) is 32.2 Å². The van der Waals surface area contributed by atoms with Crippen LogP contribution in [0.25, 0.3) is 0 Å². The summed E-state index contributed by atoms with van der Waals surface area (Å²) in [5.41, 5.74) is 0. The molecule has 0 saturated heterocycles. The van der Waals surface area contributed by atoms with Gasteiger partial charge in [0.1, 0.15) is 0 Å². The lowest BCUT2D eigenvalue weighted by molar-refractivity contribution is 0.344. The van der Waals surface area contributed by atoms with Crippen molar-refractivity contribution >= 4 is 11.8 Å². The van der Waals surface area contributed by atoms with Gasteiger partial charge in [-0.15, -0.1) is 0 Å². The molecule has 0 heterocycles. The highest BCUT2D eigenvalue weighted by molar-refractivity contribution is 7.99. The third-order valence-corrected chi connectivity index (χ3v) is 5.33. The molecule has 2 aliphatic carbocycles. The van der Waals surface area contributed by atoms with E-state index < -0.39 is 0 Å². The van der Waals surface area contributed by atoms with Crippen molar-refractivity contribution in [3.63, 3.8) is 0 Å². The first-order valence-corrected chi connectivity index (χ1v) is 7.12. The maximum absolute atomic E-state index is 3.78. The lowest BCUT2D eigenvalue weighted by atomic mass is 9.95. The van der Waals surface area contributed by atoms with Crippen molar-refractivity contribution < 1.29 is 0 Å². The molecule has 0 amide bonds. The average Bonchev–Trinajstić information content (AvgIpc) is 2.76. The van der Waals surface area contributed by atoms with Gasteiger partial charge in [-0.3, -0.25) is 0 Å². The standard InChI is InChI=1S/C12H23NS/c1-12(2,14-3)8-13-11-7-9-4-5-10(11)6-9/h9-11,13H,4-8H2,1-3H3. The molecule has 2 fully saturated rings. The highest BCUT2D eigenvalue weighted by Crippen LogP contribution is 2.44. The zero-order valence-corrected chi connectivity index (χ0v) is 10.5. The van der Waals surface area contributed by atoms with E-state index in [1.54, 1.807) is 0 Å². The van der Waals surface area contributed by atoms with Crippen molar-refractivity contribution in [3.8, 4) is 0 Å². The van der Waals surface area contributed by atoms with Crippen LogP contribution in [0.2, 0.25) is 0 Å². The van der Waals surface area contributed by atoms with Gasteiger partial charge in [-0.05, 0) is 51.2 Å². The third kappa shape index (κ3) is 2.27. The summed E-state index contributed by atoms with van der Waals surface area (Å²) in [7, 11) is 0. The van der Waals surface area contributed by atoms with E-state index in [1.807, 2.05) is 11.8 Å². The molecule has 2 rings (SSSR count). The zero-order valence-electron chi connectivity index (χ0n) is 9.68. The molecule has 1 nitrogen and oxygen atoms in total. The Bertz CT molecular complexity index is 202. The number of hydrogen-bond donors (Lipinski definition) is 1. The van der Waals surface area contributed by atoms with Crippen LogP contribution in [0.4, 0.5) is 0 Å². The molecule has 0 spiro atoms. The topological polar surface area (TPSA) is 12.0 Å². The van der Waals surface area contributed by atoms with Crippen molar-refractivity contribution in [2.24, 2.45) is 11.8 Å². The molecule has 1 N–H and O–H groups in total. The zero-order chi connectivity index (χ0) is 10.2. The van der Waals surface area contributed by atoms with Crippen LogP contribution in [-0.2, 0) is 0 Å². The van der Waals surface area contributed by atoms with Crippen LogP contribution in [-0.4, -0.2) is 23.6 Å². The summed E-state index contributed by atoms with van der Waals surface area (Å²) in [6.07, 6.45) is 8.17. The van der Waals surface area contributed by atoms with E-state index >= 15 is 0 Å². The van der Waals surface area contributed by atoms with Gasteiger partial charge in [0.15, 0.2) is 0 Å². The van der Waals surface area contributed by atoms with Gasteiger partial charge in [0, 0.05) is 17.3 Å². The van der Waals surface area contributed by atoms with Crippen LogP contribution in [0.1, 0.15) is 39.5 Å². The van der Waals surface area contributed by atoms with Gasteiger partial charge in [-0.25, -0.2) is 0 Å². The fourth-order valence-electron chi connectivity index (χ4n) is 2.94. The minimum absolute atomic E-state index is 0.405. The van der Waals surface area contributed by atoms with E-state index in [-0.39, 0.29) is 0 Å². The average molecular weight is 213 g/mol. The Morgan fingerprint density at radius 1 is 1.29 bits per heavy atom. The van der Waals surface area contributed by atoms with Gasteiger partial charge in [0.2, 0.25) is 0 Å². The number of nitrogens with one attached hydrogen (secondary N) is 1. The van der Waals surface area contributed by atoms with Crippen molar-refractivity contribution in [1.29, 1.82) is 0 Å². The number of fused-ring (bicyclic) bond motifs is 2. The first-order valence-electron chi connectivity index (χ1n) is 5.89. The Hall–Kier alpha value is 0.310. The summed E-state index contributed by atoms with van der Waals surface area (Å²) in [6, 6.07) is 0.847. The SMILES string of the molecule is CSC(C)(C)CNC1CC2CCC1C2. The molecule has 82 valence electrons. The monoisotopic (exact) mass is 213 g/mol. The Balaban J connectivity index is 1.77. The second-order valence-electron chi connectivity index (χ2n) is 5.63. The largest absolute Gasteiger partial charge is 0.312 e. The molecule has 14 heavy (non-hydrogen) atoms. The molecule has 3 atom stereocenters. The van der Waals surface area contributed by atoms with E-state index in [9.17, 15) is 0 Å². The van der Waals surface area contributed by atoms with Crippen molar-refractivity contribution in [1.82, 2.24) is 5.32 Å². The summed E-state index contributed by atoms with van der Waals surface area (Å²) >= 11 is 1.97. The van der Waals surface area contributed by atoms with Crippen LogP contribution in [0.5, 0.6) is 0 Å². The van der Waals surface area contributed by atoms with Crippen LogP contribution in [0, 0.1) is 11.8 Å². The summed E-state index contributed by atoms with van der Waals surface area (Å²) in [5, 5.41) is 3.78.